The molecule has 6 atom stereocenters. The van der Waals surface area contributed by atoms with Gasteiger partial charge in [0.15, 0.2) is 0 Å². The van der Waals surface area contributed by atoms with Crippen LogP contribution in [0, 0.1) is 48.8 Å². The Bertz CT molecular complexity index is 543. The summed E-state index contributed by atoms with van der Waals surface area (Å²) in [6.07, 6.45) is 5.78. The van der Waals surface area contributed by atoms with Crippen LogP contribution >= 0.6 is 0 Å². The van der Waals surface area contributed by atoms with E-state index in [4.69, 9.17) is 10.6 Å². The Kier molecular flexibility index (Phi) is 6.88. The van der Waals surface area contributed by atoms with Gasteiger partial charge in [0.25, 0.3) is 10.2 Å². The molecule has 2 rings (SSSR count). The number of rotatable bonds is 10. The molecule has 0 aromatic heterocycles. The highest BCUT2D eigenvalue weighted by Gasteiger charge is 2.54. The van der Waals surface area contributed by atoms with Crippen molar-refractivity contribution in [2.45, 2.75) is 71.8 Å². The maximum absolute atomic E-state index is 11.1. The van der Waals surface area contributed by atoms with Gasteiger partial charge in [-0.2, -0.15) is 0 Å². The lowest BCUT2D eigenvalue weighted by molar-refractivity contribution is -0.792. The number of nitrogens with two attached hydrogens (primary N) is 1. The normalized spacial score (nSPS) is 35.1. The SMILES string of the molecule is CCC(C(CO[N+](=O)[O-])O[N+](=O)[O-])C12CC(C)CC(CC(C)(CCN)C1)C2. The van der Waals surface area contributed by atoms with E-state index < -0.39 is 22.9 Å². The monoisotopic (exact) mass is 387 g/mol. The van der Waals surface area contributed by atoms with Crippen molar-refractivity contribution >= 4 is 0 Å². The molecule has 9 heteroatoms. The van der Waals surface area contributed by atoms with Crippen molar-refractivity contribution in [3.05, 3.63) is 20.2 Å². The predicted octanol–water partition coefficient (Wildman–Crippen LogP) is 3.37. The van der Waals surface area contributed by atoms with Gasteiger partial charge in [-0.3, -0.25) is 0 Å². The van der Waals surface area contributed by atoms with E-state index in [1.807, 2.05) is 6.92 Å². The average molecular weight is 387 g/mol. The van der Waals surface area contributed by atoms with Crippen LogP contribution in [-0.2, 0) is 9.68 Å². The van der Waals surface area contributed by atoms with Gasteiger partial charge in [-0.05, 0) is 73.7 Å². The first kappa shape index (κ1) is 21.7. The Morgan fingerprint density at radius 1 is 1.22 bits per heavy atom. The Balaban J connectivity index is 2.35. The summed E-state index contributed by atoms with van der Waals surface area (Å²) in [6, 6.07) is 0. The summed E-state index contributed by atoms with van der Waals surface area (Å²) >= 11 is 0. The molecule has 2 aliphatic carbocycles. The average Bonchev–Trinajstić information content (AvgIpc) is 2.50. The lowest BCUT2D eigenvalue weighted by Gasteiger charge is -2.58. The summed E-state index contributed by atoms with van der Waals surface area (Å²) in [6.45, 7) is 6.67. The van der Waals surface area contributed by atoms with Crippen LogP contribution in [0.3, 0.4) is 0 Å². The molecule has 0 heterocycles. The molecule has 2 fully saturated rings. The van der Waals surface area contributed by atoms with Crippen LogP contribution in [0.4, 0.5) is 0 Å². The zero-order valence-corrected chi connectivity index (χ0v) is 16.6. The first-order valence-corrected chi connectivity index (χ1v) is 9.91. The van der Waals surface area contributed by atoms with Crippen molar-refractivity contribution in [2.75, 3.05) is 13.2 Å². The molecule has 0 aromatic rings. The molecule has 2 aliphatic rings. The molecule has 0 radical (unpaired) electrons. The van der Waals surface area contributed by atoms with Gasteiger partial charge >= 0.3 is 0 Å². The fraction of sp³-hybridized carbons (Fsp3) is 1.00. The first-order chi connectivity index (χ1) is 12.6. The van der Waals surface area contributed by atoms with E-state index in [2.05, 4.69) is 18.7 Å². The molecule has 156 valence electrons. The minimum Gasteiger partial charge on any atom is -0.330 e. The van der Waals surface area contributed by atoms with Gasteiger partial charge in [0.05, 0.1) is 0 Å². The predicted molar refractivity (Wildman–Crippen MR) is 98.5 cm³/mol. The summed E-state index contributed by atoms with van der Waals surface area (Å²) in [5.74, 6) is 0.902. The van der Waals surface area contributed by atoms with Crippen molar-refractivity contribution in [1.82, 2.24) is 0 Å². The molecule has 2 saturated carbocycles. The van der Waals surface area contributed by atoms with Crippen LogP contribution in [-0.4, -0.2) is 29.4 Å². The molecule has 2 N–H and O–H groups in total. The number of hydrogen-bond donors (Lipinski definition) is 1. The van der Waals surface area contributed by atoms with Crippen molar-refractivity contribution in [3.63, 3.8) is 0 Å². The molecule has 0 spiro atoms. The van der Waals surface area contributed by atoms with E-state index in [1.54, 1.807) is 0 Å². The van der Waals surface area contributed by atoms with Gasteiger partial charge in [-0.1, -0.05) is 27.2 Å². The first-order valence-electron chi connectivity index (χ1n) is 9.91. The highest BCUT2D eigenvalue weighted by molar-refractivity contribution is 5.03. The topological polar surface area (TPSA) is 131 Å². The maximum Gasteiger partial charge on any atom is 0.294 e. The largest absolute Gasteiger partial charge is 0.330 e. The molecule has 2 bridgehead atoms. The molecule has 0 saturated heterocycles. The van der Waals surface area contributed by atoms with E-state index in [1.165, 1.54) is 0 Å². The minimum atomic E-state index is -0.943. The summed E-state index contributed by atoms with van der Waals surface area (Å²) in [7, 11) is 0. The molecular formula is C18H33N3O6. The zero-order valence-electron chi connectivity index (χ0n) is 16.6. The summed E-state index contributed by atoms with van der Waals surface area (Å²) < 4.78 is 0. The van der Waals surface area contributed by atoms with Crippen molar-refractivity contribution in [3.8, 4) is 0 Å². The Morgan fingerprint density at radius 2 is 1.93 bits per heavy atom. The van der Waals surface area contributed by atoms with Gasteiger partial charge in [0.1, 0.15) is 12.7 Å². The fourth-order valence-electron chi connectivity index (χ4n) is 6.53. The van der Waals surface area contributed by atoms with Crippen molar-refractivity contribution in [2.24, 2.45) is 34.3 Å². The summed E-state index contributed by atoms with van der Waals surface area (Å²) in [5, 5.41) is 20.0. The number of hydrogen-bond acceptors (Lipinski definition) is 7. The molecule has 0 aliphatic heterocycles. The van der Waals surface area contributed by atoms with E-state index in [9.17, 15) is 20.2 Å². The van der Waals surface area contributed by atoms with Gasteiger partial charge in [-0.25, -0.2) is 0 Å². The van der Waals surface area contributed by atoms with Crippen LogP contribution in [0.2, 0.25) is 0 Å². The van der Waals surface area contributed by atoms with Crippen molar-refractivity contribution in [1.29, 1.82) is 0 Å². The highest BCUT2D eigenvalue weighted by atomic mass is 17.0. The molecule has 27 heavy (non-hydrogen) atoms. The van der Waals surface area contributed by atoms with Gasteiger partial charge < -0.3 is 15.4 Å². The maximum atomic E-state index is 11.1. The quantitative estimate of drug-likeness (QED) is 0.449. The second-order valence-corrected chi connectivity index (χ2v) is 9.11. The van der Waals surface area contributed by atoms with Crippen molar-refractivity contribution < 1.29 is 19.8 Å². The van der Waals surface area contributed by atoms with E-state index in [0.717, 1.165) is 38.5 Å². The van der Waals surface area contributed by atoms with Gasteiger partial charge in [0.2, 0.25) is 0 Å². The van der Waals surface area contributed by atoms with Gasteiger partial charge in [0, 0.05) is 0 Å². The molecule has 6 unspecified atom stereocenters. The molecule has 9 nitrogen and oxygen atoms in total. The second kappa shape index (κ2) is 8.58. The van der Waals surface area contributed by atoms with Gasteiger partial charge in [-0.15, -0.1) is 20.2 Å². The molecular weight excluding hydrogens is 354 g/mol. The highest BCUT2D eigenvalue weighted by Crippen LogP contribution is 2.62. The van der Waals surface area contributed by atoms with Crippen LogP contribution in [0.25, 0.3) is 0 Å². The van der Waals surface area contributed by atoms with Crippen LogP contribution in [0.1, 0.15) is 65.7 Å². The second-order valence-electron chi connectivity index (χ2n) is 9.11. The van der Waals surface area contributed by atoms with E-state index in [0.29, 0.717) is 24.8 Å². The summed E-state index contributed by atoms with van der Waals surface area (Å²) in [4.78, 5) is 31.2. The van der Waals surface area contributed by atoms with E-state index >= 15 is 0 Å². The Morgan fingerprint density at radius 3 is 2.48 bits per heavy atom. The standard InChI is InChI=1S/C18H33N3O6/c1-4-15(16(27-21(24)25)11-26-20(22)23)18-8-13(2)7-14(10-18)9-17(3,12-18)5-6-19/h13-16H,4-12,19H2,1-3H3. The summed E-state index contributed by atoms with van der Waals surface area (Å²) in [5.41, 5.74) is 5.82. The third kappa shape index (κ3) is 5.21. The molecule has 0 amide bonds. The molecule has 0 aromatic carbocycles. The Hall–Kier alpha value is -1.64. The zero-order chi connectivity index (χ0) is 20.2. The smallest absolute Gasteiger partial charge is 0.294 e. The number of nitrogens with zero attached hydrogens (tertiary/aromatic N) is 2. The van der Waals surface area contributed by atoms with Crippen LogP contribution in [0.5, 0.6) is 0 Å². The number of fused-ring (bicyclic) bond motifs is 2. The lowest BCUT2D eigenvalue weighted by Crippen LogP contribution is -2.52. The third-order valence-corrected chi connectivity index (χ3v) is 6.73. The van der Waals surface area contributed by atoms with Crippen LogP contribution in [0.15, 0.2) is 0 Å². The lowest BCUT2D eigenvalue weighted by atomic mass is 9.47. The minimum absolute atomic E-state index is 0.0916. The van der Waals surface area contributed by atoms with Crippen LogP contribution < -0.4 is 5.73 Å². The third-order valence-electron chi connectivity index (χ3n) is 6.73. The van der Waals surface area contributed by atoms with E-state index in [-0.39, 0.29) is 16.7 Å². The fourth-order valence-corrected chi connectivity index (χ4v) is 6.53. The Labute approximate surface area is 160 Å².